The highest BCUT2D eigenvalue weighted by Crippen LogP contribution is 2.44. The maximum absolute atomic E-state index is 13.6. The lowest BCUT2D eigenvalue weighted by Gasteiger charge is -2.25. The SMILES string of the molecule is CCN(CCC[C@@H](C)Nc1ccnc2cc(C(F)(F)F)ccc12)CCO[P@@](=O)(N[C@@H](C)C(=O)OC(C)C)Oc1ccccc1. The number of benzene rings is 2. The minimum atomic E-state index is -4.43. The van der Waals surface area contributed by atoms with E-state index < -0.39 is 31.5 Å². The number of halogens is 3. The van der Waals surface area contributed by atoms with E-state index in [4.69, 9.17) is 13.8 Å². The molecule has 3 atom stereocenters. The molecule has 0 bridgehead atoms. The van der Waals surface area contributed by atoms with E-state index >= 15 is 0 Å². The molecular weight excluding hydrogens is 596 g/mol. The Morgan fingerprint density at radius 3 is 2.43 bits per heavy atom. The third-order valence-electron chi connectivity index (χ3n) is 6.73. The summed E-state index contributed by atoms with van der Waals surface area (Å²) in [5.74, 6) is -0.228. The van der Waals surface area contributed by atoms with Gasteiger partial charge in [-0.05, 0) is 84.0 Å². The number of carbonyl (C=O) groups excluding carboxylic acids is 1. The number of carbonyl (C=O) groups is 1. The fourth-order valence-electron chi connectivity index (χ4n) is 4.46. The van der Waals surface area contributed by atoms with E-state index in [0.29, 0.717) is 17.7 Å². The molecule has 9 nitrogen and oxygen atoms in total. The first-order valence-electron chi connectivity index (χ1n) is 14.7. The van der Waals surface area contributed by atoms with E-state index in [2.05, 4.69) is 20.3 Å². The Morgan fingerprint density at radius 2 is 1.77 bits per heavy atom. The number of ether oxygens (including phenoxy) is 1. The van der Waals surface area contributed by atoms with Crippen LogP contribution in [0.25, 0.3) is 10.9 Å². The van der Waals surface area contributed by atoms with Crippen molar-refractivity contribution >= 4 is 30.3 Å². The summed E-state index contributed by atoms with van der Waals surface area (Å²) in [4.78, 5) is 18.6. The molecule has 0 aliphatic rings. The molecule has 0 aliphatic carbocycles. The molecule has 0 unspecified atom stereocenters. The molecule has 3 rings (SSSR count). The number of rotatable bonds is 17. The van der Waals surface area contributed by atoms with E-state index in [1.165, 1.54) is 19.2 Å². The summed E-state index contributed by atoms with van der Waals surface area (Å²) in [6.45, 7) is 11.1. The van der Waals surface area contributed by atoms with Gasteiger partial charge < -0.3 is 19.5 Å². The summed E-state index contributed by atoms with van der Waals surface area (Å²) in [5.41, 5.74) is 0.279. The number of fused-ring (bicyclic) bond motifs is 1. The van der Waals surface area contributed by atoms with E-state index in [0.717, 1.165) is 43.8 Å². The second-order valence-corrected chi connectivity index (χ2v) is 12.5. The van der Waals surface area contributed by atoms with E-state index in [1.54, 1.807) is 50.2 Å². The van der Waals surface area contributed by atoms with Crippen LogP contribution in [0.4, 0.5) is 18.9 Å². The first-order valence-corrected chi connectivity index (χ1v) is 16.3. The first-order chi connectivity index (χ1) is 20.8. The van der Waals surface area contributed by atoms with Crippen molar-refractivity contribution in [3.63, 3.8) is 0 Å². The number of nitrogens with one attached hydrogen (secondary N) is 2. The quantitative estimate of drug-likeness (QED) is 0.117. The third kappa shape index (κ3) is 11.1. The number of aromatic nitrogens is 1. The van der Waals surface area contributed by atoms with Crippen LogP contribution in [0.1, 0.15) is 53.0 Å². The molecule has 1 heterocycles. The predicted molar refractivity (Wildman–Crippen MR) is 166 cm³/mol. The second kappa shape index (κ2) is 16.2. The molecule has 0 radical (unpaired) electrons. The zero-order valence-electron chi connectivity index (χ0n) is 25.8. The van der Waals surface area contributed by atoms with Crippen LogP contribution in [0.2, 0.25) is 0 Å². The highest BCUT2D eigenvalue weighted by atomic mass is 31.2. The van der Waals surface area contributed by atoms with Crippen molar-refractivity contribution in [3.05, 3.63) is 66.4 Å². The van der Waals surface area contributed by atoms with Gasteiger partial charge in [-0.2, -0.15) is 18.3 Å². The molecular formula is C31H42F3N4O5P. The molecule has 44 heavy (non-hydrogen) atoms. The molecule has 0 spiro atoms. The zero-order valence-corrected chi connectivity index (χ0v) is 26.7. The summed E-state index contributed by atoms with van der Waals surface area (Å²) in [7, 11) is -3.93. The maximum atomic E-state index is 13.6. The minimum Gasteiger partial charge on any atom is -0.462 e. The van der Waals surface area contributed by atoms with Crippen LogP contribution in [0.5, 0.6) is 5.75 Å². The summed E-state index contributed by atoms with van der Waals surface area (Å²) >= 11 is 0. The van der Waals surface area contributed by atoms with Crippen molar-refractivity contribution in [2.75, 3.05) is 31.6 Å². The fourth-order valence-corrected chi connectivity index (χ4v) is 5.94. The molecule has 0 fully saturated rings. The number of hydrogen-bond acceptors (Lipinski definition) is 8. The lowest BCUT2D eigenvalue weighted by molar-refractivity contribution is -0.149. The van der Waals surface area contributed by atoms with Crippen molar-refractivity contribution in [2.24, 2.45) is 0 Å². The highest BCUT2D eigenvalue weighted by molar-refractivity contribution is 7.52. The molecule has 0 saturated carbocycles. The number of likely N-dealkylation sites (N-methyl/N-ethyl adjacent to an activating group) is 1. The number of pyridine rings is 1. The van der Waals surface area contributed by atoms with Crippen molar-refractivity contribution in [1.29, 1.82) is 0 Å². The van der Waals surface area contributed by atoms with Gasteiger partial charge in [0, 0.05) is 29.9 Å². The average Bonchev–Trinajstić information content (AvgIpc) is 2.95. The Kier molecular flexibility index (Phi) is 13.0. The van der Waals surface area contributed by atoms with Gasteiger partial charge in [-0.3, -0.25) is 14.3 Å². The van der Waals surface area contributed by atoms with Crippen LogP contribution in [0, 0.1) is 0 Å². The molecule has 242 valence electrons. The van der Waals surface area contributed by atoms with Crippen molar-refractivity contribution in [2.45, 2.75) is 71.8 Å². The van der Waals surface area contributed by atoms with E-state index in [1.807, 2.05) is 13.8 Å². The fraction of sp³-hybridized carbons (Fsp3) is 0.484. The Balaban J connectivity index is 1.52. The van der Waals surface area contributed by atoms with Gasteiger partial charge in [-0.25, -0.2) is 4.57 Å². The average molecular weight is 639 g/mol. The van der Waals surface area contributed by atoms with Gasteiger partial charge in [0.1, 0.15) is 11.8 Å². The minimum absolute atomic E-state index is 0.0496. The molecule has 0 amide bonds. The number of nitrogens with zero attached hydrogens (tertiary/aromatic N) is 2. The maximum Gasteiger partial charge on any atom is 0.459 e. The first kappa shape index (κ1) is 35.3. The van der Waals surface area contributed by atoms with Crippen LogP contribution in [-0.4, -0.2) is 60.3 Å². The Morgan fingerprint density at radius 1 is 1.05 bits per heavy atom. The lowest BCUT2D eigenvalue weighted by Crippen LogP contribution is -2.37. The third-order valence-corrected chi connectivity index (χ3v) is 8.40. The van der Waals surface area contributed by atoms with Gasteiger partial charge in [0.15, 0.2) is 0 Å². The number of alkyl halides is 3. The highest BCUT2D eigenvalue weighted by Gasteiger charge is 2.33. The molecule has 2 aromatic carbocycles. The van der Waals surface area contributed by atoms with Gasteiger partial charge in [0.25, 0.3) is 0 Å². The molecule has 13 heteroatoms. The smallest absolute Gasteiger partial charge is 0.459 e. The molecule has 0 saturated heterocycles. The summed E-state index contributed by atoms with van der Waals surface area (Å²) in [5, 5.41) is 6.72. The van der Waals surface area contributed by atoms with Crippen LogP contribution in [0.15, 0.2) is 60.8 Å². The predicted octanol–water partition coefficient (Wildman–Crippen LogP) is 7.29. The zero-order chi connectivity index (χ0) is 32.3. The van der Waals surface area contributed by atoms with Crippen molar-refractivity contribution < 1.29 is 36.3 Å². The van der Waals surface area contributed by atoms with Crippen LogP contribution in [-0.2, 0) is 24.8 Å². The largest absolute Gasteiger partial charge is 0.462 e. The van der Waals surface area contributed by atoms with Crippen molar-refractivity contribution in [1.82, 2.24) is 15.0 Å². The number of anilines is 1. The van der Waals surface area contributed by atoms with E-state index in [-0.39, 0.29) is 24.3 Å². The summed E-state index contributed by atoms with van der Waals surface area (Å²) in [6.07, 6.45) is -1.62. The molecule has 1 aromatic heterocycles. The van der Waals surface area contributed by atoms with Gasteiger partial charge in [0.2, 0.25) is 0 Å². The monoisotopic (exact) mass is 638 g/mol. The summed E-state index contributed by atoms with van der Waals surface area (Å²) < 4.78 is 69.6. The van der Waals surface area contributed by atoms with Crippen LogP contribution in [0.3, 0.4) is 0 Å². The van der Waals surface area contributed by atoms with Crippen LogP contribution < -0.4 is 14.9 Å². The normalized spacial score (nSPS) is 14.8. The number of hydrogen-bond donors (Lipinski definition) is 2. The van der Waals surface area contributed by atoms with Gasteiger partial charge in [-0.1, -0.05) is 31.2 Å². The van der Waals surface area contributed by atoms with Gasteiger partial charge in [0.05, 0.1) is 23.8 Å². The molecule has 0 aliphatic heterocycles. The molecule has 2 N–H and O–H groups in total. The standard InChI is InChI=1S/C31H42F3N4O5P/c1-6-38(18-10-11-23(4)36-28-16-17-35-29-21-25(31(32,33)34)14-15-27(28)29)19-20-41-44(40,43-26-12-8-7-9-13-26)37-24(5)30(39)42-22(2)3/h7-9,12-17,21-24H,6,10-11,18-20H2,1-5H3,(H,35,36)(H,37,40)/t23-,24+,44+/m1/s1. The Labute approximate surface area is 257 Å². The van der Waals surface area contributed by atoms with Gasteiger partial charge in [-0.15, -0.1) is 0 Å². The number of esters is 1. The number of para-hydroxylation sites is 1. The van der Waals surface area contributed by atoms with Gasteiger partial charge >= 0.3 is 19.9 Å². The Hall–Kier alpha value is -3.18. The Bertz CT molecular complexity index is 1390. The van der Waals surface area contributed by atoms with Crippen molar-refractivity contribution in [3.8, 4) is 5.75 Å². The molecule has 3 aromatic rings. The van der Waals surface area contributed by atoms with E-state index in [9.17, 15) is 22.5 Å². The summed E-state index contributed by atoms with van der Waals surface area (Å²) in [6, 6.07) is 13.0. The second-order valence-electron chi connectivity index (χ2n) is 10.8. The lowest BCUT2D eigenvalue weighted by atomic mass is 10.1. The van der Waals surface area contributed by atoms with Crippen LogP contribution >= 0.6 is 7.75 Å². The topological polar surface area (TPSA) is 102 Å².